The second-order valence-electron chi connectivity index (χ2n) is 7.98. The largest absolute Gasteiger partial charge is 0.493 e. The zero-order valence-corrected chi connectivity index (χ0v) is 20.1. The van der Waals surface area contributed by atoms with Crippen LogP contribution >= 0.6 is 0 Å². The van der Waals surface area contributed by atoms with Crippen molar-refractivity contribution in [3.05, 3.63) is 71.9 Å². The third kappa shape index (κ3) is 6.42. The van der Waals surface area contributed by atoms with Crippen LogP contribution in [0.1, 0.15) is 17.5 Å². The lowest BCUT2D eigenvalue weighted by Crippen LogP contribution is -2.34. The zero-order valence-electron chi connectivity index (χ0n) is 20.1. The minimum atomic E-state index is 0.0183. The summed E-state index contributed by atoms with van der Waals surface area (Å²) in [6.07, 6.45) is 2.60. The molecule has 2 aromatic carbocycles. The van der Waals surface area contributed by atoms with Gasteiger partial charge in [0.1, 0.15) is 6.61 Å². The number of aryl methyl sites for hydroxylation is 1. The summed E-state index contributed by atoms with van der Waals surface area (Å²) in [5.74, 6) is 2.96. The van der Waals surface area contributed by atoms with Gasteiger partial charge in [-0.3, -0.25) is 4.79 Å². The highest BCUT2D eigenvalue weighted by Gasteiger charge is 2.19. The number of fused-ring (bicyclic) bond motifs is 2. The highest BCUT2D eigenvalue weighted by molar-refractivity contribution is 5.76. The van der Waals surface area contributed by atoms with Gasteiger partial charge < -0.3 is 28.6 Å². The maximum Gasteiger partial charge on any atom is 0.224 e. The molecule has 3 aromatic rings. The van der Waals surface area contributed by atoms with Crippen molar-refractivity contribution in [3.63, 3.8) is 0 Å². The van der Waals surface area contributed by atoms with Crippen LogP contribution in [0.2, 0.25) is 0 Å². The molecule has 0 unspecified atom stereocenters. The number of carbonyl (C=O) groups is 1. The Labute approximate surface area is 205 Å². The normalized spacial score (nSPS) is 14.1. The van der Waals surface area contributed by atoms with Gasteiger partial charge in [0, 0.05) is 24.7 Å². The van der Waals surface area contributed by atoms with Crippen molar-refractivity contribution < 1.29 is 28.5 Å². The molecule has 0 aliphatic carbocycles. The van der Waals surface area contributed by atoms with Gasteiger partial charge in [0.05, 0.1) is 34.0 Å². The Morgan fingerprint density at radius 1 is 0.971 bits per heavy atom. The van der Waals surface area contributed by atoms with Crippen molar-refractivity contribution in [2.45, 2.75) is 19.4 Å². The number of amides is 1. The summed E-state index contributed by atoms with van der Waals surface area (Å²) in [5.41, 5.74) is 1.80. The molecule has 0 N–H and O–H groups in total. The number of rotatable bonds is 5. The van der Waals surface area contributed by atoms with Crippen LogP contribution in [0, 0.1) is 0 Å². The van der Waals surface area contributed by atoms with E-state index in [1.807, 2.05) is 54.6 Å². The predicted molar refractivity (Wildman–Crippen MR) is 130 cm³/mol. The van der Waals surface area contributed by atoms with Gasteiger partial charge in [0.2, 0.25) is 11.8 Å². The zero-order chi connectivity index (χ0) is 24.5. The summed E-state index contributed by atoms with van der Waals surface area (Å²) in [6, 6.07) is 16.9. The molecule has 1 amide bonds. The Balaban J connectivity index is 1.51. The summed E-state index contributed by atoms with van der Waals surface area (Å²) in [4.78, 5) is 19.5. The van der Waals surface area contributed by atoms with Crippen LogP contribution in [0.25, 0.3) is 0 Å². The molecule has 0 radical (unpaired) electrons. The highest BCUT2D eigenvalue weighted by Crippen LogP contribution is 2.32. The van der Waals surface area contributed by atoms with Crippen LogP contribution in [0.4, 0.5) is 0 Å². The van der Waals surface area contributed by atoms with Crippen LogP contribution in [-0.4, -0.2) is 56.4 Å². The number of methoxy groups -OCH3 is 2. The van der Waals surface area contributed by atoms with Crippen molar-refractivity contribution in [1.29, 1.82) is 0 Å². The first-order valence-electron chi connectivity index (χ1n) is 11.6. The Kier molecular flexibility index (Phi) is 8.40. The van der Waals surface area contributed by atoms with Gasteiger partial charge in [-0.1, -0.05) is 24.3 Å². The maximum atomic E-state index is 13.3. The van der Waals surface area contributed by atoms with Gasteiger partial charge in [-0.15, -0.1) is 0 Å². The van der Waals surface area contributed by atoms with Crippen molar-refractivity contribution in [1.82, 2.24) is 9.88 Å². The van der Waals surface area contributed by atoms with E-state index in [0.29, 0.717) is 74.6 Å². The van der Waals surface area contributed by atoms with E-state index in [9.17, 15) is 4.79 Å². The number of nitrogens with zero attached hydrogens (tertiary/aromatic N) is 2. The minimum Gasteiger partial charge on any atom is -0.493 e. The van der Waals surface area contributed by atoms with E-state index >= 15 is 0 Å². The molecule has 0 bridgehead atoms. The summed E-state index contributed by atoms with van der Waals surface area (Å²) < 4.78 is 28.4. The number of carbonyl (C=O) groups excluding carboxylic acids is 1. The molecule has 0 fully saturated rings. The van der Waals surface area contributed by atoms with Crippen LogP contribution in [-0.2, 0) is 22.5 Å². The molecule has 1 aromatic heterocycles. The van der Waals surface area contributed by atoms with E-state index in [1.54, 1.807) is 25.3 Å². The Morgan fingerprint density at radius 3 is 2.63 bits per heavy atom. The van der Waals surface area contributed by atoms with E-state index in [-0.39, 0.29) is 5.91 Å². The number of para-hydroxylation sites is 2. The summed E-state index contributed by atoms with van der Waals surface area (Å²) >= 11 is 0. The van der Waals surface area contributed by atoms with E-state index in [1.165, 1.54) is 0 Å². The highest BCUT2D eigenvalue weighted by atomic mass is 16.5. The molecular formula is C27H30N2O6. The third-order valence-corrected chi connectivity index (χ3v) is 5.69. The lowest BCUT2D eigenvalue weighted by molar-refractivity contribution is -0.132. The standard InChI is InChI=1S/C27H30N2O6/c1-31-22-11-9-20(18-25(22)32-2)10-12-26(30)29-14-15-33-16-17-34-23-7-3-4-8-24(23)35-27-21(19-29)6-5-13-28-27/h3-9,11,13,18H,10,12,14-17,19H2,1-2H3. The lowest BCUT2D eigenvalue weighted by Gasteiger charge is -2.23. The fourth-order valence-corrected chi connectivity index (χ4v) is 3.82. The van der Waals surface area contributed by atoms with Gasteiger partial charge >= 0.3 is 0 Å². The van der Waals surface area contributed by atoms with E-state index in [2.05, 4.69) is 4.98 Å². The molecule has 1 aliphatic heterocycles. The van der Waals surface area contributed by atoms with E-state index < -0.39 is 0 Å². The number of pyridine rings is 1. The number of hydrogen-bond acceptors (Lipinski definition) is 7. The molecule has 0 saturated heterocycles. The quantitative estimate of drug-likeness (QED) is 0.542. The number of ether oxygens (including phenoxy) is 5. The van der Waals surface area contributed by atoms with Gasteiger partial charge in [-0.25, -0.2) is 4.98 Å². The number of hydrogen-bond donors (Lipinski definition) is 0. The number of benzene rings is 2. The molecular weight excluding hydrogens is 448 g/mol. The molecule has 0 atom stereocenters. The fourth-order valence-electron chi connectivity index (χ4n) is 3.82. The van der Waals surface area contributed by atoms with Crippen molar-refractivity contribution in [2.24, 2.45) is 0 Å². The average molecular weight is 479 g/mol. The van der Waals surface area contributed by atoms with E-state index in [4.69, 9.17) is 23.7 Å². The topological polar surface area (TPSA) is 79.4 Å². The first-order valence-corrected chi connectivity index (χ1v) is 11.6. The van der Waals surface area contributed by atoms with Gasteiger partial charge in [-0.2, -0.15) is 0 Å². The summed E-state index contributed by atoms with van der Waals surface area (Å²) in [7, 11) is 3.20. The van der Waals surface area contributed by atoms with Crippen LogP contribution in [0.15, 0.2) is 60.8 Å². The van der Waals surface area contributed by atoms with Crippen molar-refractivity contribution in [3.8, 4) is 28.9 Å². The van der Waals surface area contributed by atoms with Crippen molar-refractivity contribution >= 4 is 5.91 Å². The van der Waals surface area contributed by atoms with Crippen LogP contribution in [0.5, 0.6) is 28.9 Å². The summed E-state index contributed by atoms with van der Waals surface area (Å²) in [5, 5.41) is 0. The Morgan fingerprint density at radius 2 is 1.80 bits per heavy atom. The fraction of sp³-hybridized carbons (Fsp3) is 0.333. The first kappa shape index (κ1) is 24.3. The Hall–Kier alpha value is -3.78. The average Bonchev–Trinajstić information content (AvgIpc) is 2.91. The maximum absolute atomic E-state index is 13.3. The second kappa shape index (κ2) is 12.1. The number of aromatic nitrogens is 1. The second-order valence-corrected chi connectivity index (χ2v) is 7.98. The van der Waals surface area contributed by atoms with Crippen LogP contribution < -0.4 is 18.9 Å². The van der Waals surface area contributed by atoms with Gasteiger partial charge in [0.15, 0.2) is 23.0 Å². The Bertz CT molecular complexity index is 1140. The smallest absolute Gasteiger partial charge is 0.224 e. The monoisotopic (exact) mass is 478 g/mol. The molecule has 8 heteroatoms. The van der Waals surface area contributed by atoms with E-state index in [0.717, 1.165) is 11.1 Å². The molecule has 35 heavy (non-hydrogen) atoms. The molecule has 0 spiro atoms. The first-order chi connectivity index (χ1) is 17.2. The van der Waals surface area contributed by atoms with Gasteiger partial charge in [-0.05, 0) is 42.3 Å². The summed E-state index contributed by atoms with van der Waals surface area (Å²) in [6.45, 7) is 2.01. The van der Waals surface area contributed by atoms with Gasteiger partial charge in [0.25, 0.3) is 0 Å². The SMILES string of the molecule is COc1ccc(CCC(=O)N2CCOCCOc3ccccc3Oc3ncccc3C2)cc1OC. The molecule has 184 valence electrons. The molecule has 2 heterocycles. The third-order valence-electron chi connectivity index (χ3n) is 5.69. The minimum absolute atomic E-state index is 0.0183. The molecule has 8 nitrogen and oxygen atoms in total. The predicted octanol–water partition coefficient (Wildman–Crippen LogP) is 4.26. The molecule has 0 saturated carbocycles. The molecule has 4 rings (SSSR count). The van der Waals surface area contributed by atoms with Crippen molar-refractivity contribution in [2.75, 3.05) is 40.6 Å². The molecule has 1 aliphatic rings. The van der Waals surface area contributed by atoms with Crippen LogP contribution in [0.3, 0.4) is 0 Å². The lowest BCUT2D eigenvalue weighted by atomic mass is 10.1.